The van der Waals surface area contributed by atoms with E-state index in [1.807, 2.05) is 6.92 Å². The van der Waals surface area contributed by atoms with Crippen molar-refractivity contribution in [3.05, 3.63) is 23.5 Å². The lowest BCUT2D eigenvalue weighted by molar-refractivity contribution is -0.315. The van der Waals surface area contributed by atoms with E-state index >= 15 is 0 Å². The van der Waals surface area contributed by atoms with Crippen molar-refractivity contribution in [1.82, 2.24) is 0 Å². The van der Waals surface area contributed by atoms with Crippen LogP contribution in [0.3, 0.4) is 0 Å². The zero-order valence-corrected chi connectivity index (χ0v) is 22.4. The Balaban J connectivity index is 1.22. The van der Waals surface area contributed by atoms with E-state index in [1.54, 1.807) is 13.2 Å². The highest BCUT2D eigenvalue weighted by Crippen LogP contribution is 2.57. The number of ether oxygens (including phenoxy) is 6. The van der Waals surface area contributed by atoms with Gasteiger partial charge in [-0.1, -0.05) is 18.6 Å². The Morgan fingerprint density at radius 2 is 1.95 bits per heavy atom. The number of fused-ring (bicyclic) bond motifs is 3. The van der Waals surface area contributed by atoms with Crippen LogP contribution in [0.25, 0.3) is 0 Å². The summed E-state index contributed by atoms with van der Waals surface area (Å²) in [6, 6.07) is 0. The predicted molar refractivity (Wildman–Crippen MR) is 131 cm³/mol. The molecule has 0 bridgehead atoms. The lowest BCUT2D eigenvalue weighted by atomic mass is 9.55. The van der Waals surface area contributed by atoms with Gasteiger partial charge < -0.3 is 43.7 Å². The molecular formula is C28H40O10. The monoisotopic (exact) mass is 536 g/mol. The van der Waals surface area contributed by atoms with Gasteiger partial charge in [-0.15, -0.1) is 0 Å². The maximum atomic E-state index is 13.5. The van der Waals surface area contributed by atoms with Gasteiger partial charge in [-0.3, -0.25) is 4.79 Å². The van der Waals surface area contributed by atoms with Crippen LogP contribution >= 0.6 is 0 Å². The number of carbonyl (C=O) groups is 1. The van der Waals surface area contributed by atoms with Crippen molar-refractivity contribution in [3.63, 3.8) is 0 Å². The predicted octanol–water partition coefficient (Wildman–Crippen LogP) is 1.56. The van der Waals surface area contributed by atoms with Gasteiger partial charge in [0.05, 0.1) is 43.0 Å². The fourth-order valence-corrected chi connectivity index (χ4v) is 7.94. The van der Waals surface area contributed by atoms with Gasteiger partial charge in [0, 0.05) is 14.0 Å². The van der Waals surface area contributed by atoms with Crippen LogP contribution in [0.4, 0.5) is 0 Å². The molecule has 2 aliphatic carbocycles. The van der Waals surface area contributed by atoms with Crippen molar-refractivity contribution in [3.8, 4) is 0 Å². The first kappa shape index (κ1) is 26.7. The summed E-state index contributed by atoms with van der Waals surface area (Å²) >= 11 is 0. The zero-order chi connectivity index (χ0) is 27.0. The summed E-state index contributed by atoms with van der Waals surface area (Å²) in [5, 5.41) is 32.3. The molecule has 0 unspecified atom stereocenters. The molecule has 10 nitrogen and oxygen atoms in total. The summed E-state index contributed by atoms with van der Waals surface area (Å²) in [5.41, 5.74) is 1.85. The summed E-state index contributed by atoms with van der Waals surface area (Å²) in [6.07, 6.45) is 0.433. The third kappa shape index (κ3) is 4.06. The van der Waals surface area contributed by atoms with Gasteiger partial charge in [-0.05, 0) is 55.9 Å². The fourth-order valence-electron chi connectivity index (χ4n) is 7.94. The molecule has 6 rings (SSSR count). The molecule has 1 saturated carbocycles. The number of hydrogen-bond donors (Lipinski definition) is 3. The average Bonchev–Trinajstić information content (AvgIpc) is 3.38. The molecule has 0 spiro atoms. The highest BCUT2D eigenvalue weighted by molar-refractivity contribution is 5.74. The third-order valence-corrected chi connectivity index (χ3v) is 10.1. The molecule has 0 aromatic carbocycles. The summed E-state index contributed by atoms with van der Waals surface area (Å²) in [5.74, 6) is -1.39. The first-order valence-corrected chi connectivity index (χ1v) is 13.8. The van der Waals surface area contributed by atoms with E-state index in [9.17, 15) is 20.1 Å². The van der Waals surface area contributed by atoms with Crippen LogP contribution in [0.2, 0.25) is 0 Å². The van der Waals surface area contributed by atoms with Crippen molar-refractivity contribution >= 4 is 5.97 Å². The van der Waals surface area contributed by atoms with E-state index in [1.165, 1.54) is 7.11 Å². The smallest absolute Gasteiger partial charge is 0.309 e. The molecule has 6 aliphatic rings. The minimum Gasteiger partial charge on any atom is -0.469 e. The summed E-state index contributed by atoms with van der Waals surface area (Å²) in [7, 11) is 1.42. The number of hydrogen-bond acceptors (Lipinski definition) is 10. The van der Waals surface area contributed by atoms with Gasteiger partial charge in [-0.2, -0.15) is 0 Å². The van der Waals surface area contributed by atoms with E-state index in [0.717, 1.165) is 24.0 Å². The number of aliphatic hydroxyl groups excluding tert-OH is 3. The maximum absolute atomic E-state index is 13.5. The van der Waals surface area contributed by atoms with Gasteiger partial charge in [0.15, 0.2) is 6.29 Å². The Morgan fingerprint density at radius 3 is 2.71 bits per heavy atom. The summed E-state index contributed by atoms with van der Waals surface area (Å²) in [6.45, 7) is 6.06. The number of carbonyl (C=O) groups excluding carboxylic acids is 1. The number of aliphatic hydroxyl groups is 3. The molecular weight excluding hydrogens is 496 g/mol. The SMILES string of the molecule is CO[C@@H]1[C@@H](O)[C@H](O[C@H]2CC3=CC[C@H]4C(=O)O[C@H]5CO[C@]6(C)OC=C(CC[C@@H]4[C@]3(C)C[C@H]2O)[C@H]56)O[C@H](C)[C@H]1O. The van der Waals surface area contributed by atoms with Crippen molar-refractivity contribution in [2.75, 3.05) is 13.7 Å². The van der Waals surface area contributed by atoms with Gasteiger partial charge >= 0.3 is 5.97 Å². The molecule has 0 radical (unpaired) electrons. The summed E-state index contributed by atoms with van der Waals surface area (Å²) < 4.78 is 35.0. The minimum atomic E-state index is -1.20. The lowest BCUT2D eigenvalue weighted by Crippen LogP contribution is -2.60. The van der Waals surface area contributed by atoms with Crippen LogP contribution in [-0.4, -0.2) is 89.8 Å². The first-order valence-electron chi connectivity index (χ1n) is 13.8. The van der Waals surface area contributed by atoms with Gasteiger partial charge in [0.1, 0.15) is 24.4 Å². The maximum Gasteiger partial charge on any atom is 0.309 e. The van der Waals surface area contributed by atoms with Gasteiger partial charge in [0.2, 0.25) is 5.79 Å². The van der Waals surface area contributed by atoms with Crippen LogP contribution in [0, 0.1) is 23.2 Å². The van der Waals surface area contributed by atoms with Crippen molar-refractivity contribution < 1.29 is 48.5 Å². The van der Waals surface area contributed by atoms with Crippen LogP contribution in [0.1, 0.15) is 52.9 Å². The second-order valence-electron chi connectivity index (χ2n) is 12.3. The third-order valence-electron chi connectivity index (χ3n) is 10.1. The van der Waals surface area contributed by atoms with E-state index in [2.05, 4.69) is 13.0 Å². The van der Waals surface area contributed by atoms with Crippen LogP contribution in [0.5, 0.6) is 0 Å². The molecule has 38 heavy (non-hydrogen) atoms. The first-order chi connectivity index (χ1) is 18.1. The largest absolute Gasteiger partial charge is 0.469 e. The van der Waals surface area contributed by atoms with E-state index < -0.39 is 54.1 Å². The van der Waals surface area contributed by atoms with E-state index in [4.69, 9.17) is 28.4 Å². The standard InChI is InChI=1S/C28H40O10/c1-13-22(30)24(33-4)23(31)26(36-13)38-19-9-15-6-7-16-17(27(15,2)10-18(19)29)8-5-14-11-34-28(3)21(14)20(12-35-28)37-25(16)32/h6,11,13,16-24,26,29-31H,5,7-10,12H2,1-4H3/t13-,16-,17+,18-,19+,20+,21-,22-,23-,24+,26+,27-,28+/m1/s1. The number of methoxy groups -OCH3 is 1. The van der Waals surface area contributed by atoms with Crippen LogP contribution in [0.15, 0.2) is 23.5 Å². The molecule has 13 atom stereocenters. The van der Waals surface area contributed by atoms with Crippen molar-refractivity contribution in [2.24, 2.45) is 23.2 Å². The molecule has 10 heteroatoms. The average molecular weight is 537 g/mol. The molecule has 0 aromatic rings. The molecule has 4 aliphatic heterocycles. The Hall–Kier alpha value is -1.53. The number of esters is 1. The topological polar surface area (TPSA) is 133 Å². The Labute approximate surface area is 222 Å². The normalized spacial score (nSPS) is 52.2. The zero-order valence-electron chi connectivity index (χ0n) is 22.4. The summed E-state index contributed by atoms with van der Waals surface area (Å²) in [4.78, 5) is 13.5. The van der Waals surface area contributed by atoms with Gasteiger partial charge in [0.25, 0.3) is 0 Å². The molecule has 0 amide bonds. The lowest BCUT2D eigenvalue weighted by Gasteiger charge is -2.52. The van der Waals surface area contributed by atoms with Crippen LogP contribution < -0.4 is 0 Å². The second kappa shape index (κ2) is 9.54. The Bertz CT molecular complexity index is 1010. The minimum absolute atomic E-state index is 0.0114. The Kier molecular flexibility index (Phi) is 6.70. The molecule has 3 N–H and O–H groups in total. The highest BCUT2D eigenvalue weighted by Gasteiger charge is 2.58. The van der Waals surface area contributed by atoms with Crippen LogP contribution in [-0.2, 0) is 33.2 Å². The number of rotatable bonds is 3. The Morgan fingerprint density at radius 1 is 1.16 bits per heavy atom. The van der Waals surface area contributed by atoms with E-state index in [0.29, 0.717) is 25.9 Å². The molecule has 4 heterocycles. The van der Waals surface area contributed by atoms with Crippen molar-refractivity contribution in [1.29, 1.82) is 0 Å². The second-order valence-corrected chi connectivity index (χ2v) is 12.3. The van der Waals surface area contributed by atoms with Gasteiger partial charge in [-0.25, -0.2) is 0 Å². The molecule has 4 fully saturated rings. The number of allylic oxidation sites excluding steroid dienone is 1. The molecule has 0 aromatic heterocycles. The van der Waals surface area contributed by atoms with Crippen molar-refractivity contribution in [2.45, 2.75) is 108 Å². The van der Waals surface area contributed by atoms with E-state index in [-0.39, 0.29) is 29.8 Å². The fraction of sp³-hybridized carbons (Fsp3) is 0.821. The molecule has 3 saturated heterocycles. The molecule has 212 valence electrons. The highest BCUT2D eigenvalue weighted by atomic mass is 16.7. The quantitative estimate of drug-likeness (QED) is 0.360.